The summed E-state index contributed by atoms with van der Waals surface area (Å²) in [6.07, 6.45) is 0. The van der Waals surface area contributed by atoms with E-state index in [0.717, 1.165) is 7.05 Å². The van der Waals surface area contributed by atoms with Gasteiger partial charge in [-0.25, -0.2) is 5.06 Å². The maximum atomic E-state index is 12.3. The largest absolute Gasteiger partial charge is 0.525 e. The monoisotopic (exact) mass is 333 g/mol. The molecule has 118 valence electrons. The van der Waals surface area contributed by atoms with E-state index in [9.17, 15) is 26.4 Å². The van der Waals surface area contributed by atoms with Crippen molar-refractivity contribution in [2.45, 2.75) is 5.51 Å². The third-order valence-electron chi connectivity index (χ3n) is 2.80. The first-order valence-corrected chi connectivity index (χ1v) is 7.31. The van der Waals surface area contributed by atoms with E-state index < -0.39 is 21.5 Å². The van der Waals surface area contributed by atoms with Crippen LogP contribution in [0.3, 0.4) is 0 Å². The second kappa shape index (κ2) is 5.58. The van der Waals surface area contributed by atoms with Crippen LogP contribution in [0, 0.1) is 0 Å². The van der Waals surface area contributed by atoms with Gasteiger partial charge in [0.2, 0.25) is 0 Å². The Hall–Kier alpha value is -2.13. The van der Waals surface area contributed by atoms with Crippen molar-refractivity contribution in [2.75, 3.05) is 7.05 Å². The Kier molecular flexibility index (Phi) is 4.12. The summed E-state index contributed by atoms with van der Waals surface area (Å²) in [7, 11) is -5.10. The fraction of sp³-hybridized carbons (Fsp3) is 0.154. The summed E-state index contributed by atoms with van der Waals surface area (Å²) >= 11 is 0. The van der Waals surface area contributed by atoms with Crippen LogP contribution in [-0.2, 0) is 14.4 Å². The van der Waals surface area contributed by atoms with Crippen molar-refractivity contribution in [1.29, 1.82) is 0 Å². The molecular weight excluding hydrogens is 323 g/mol. The van der Waals surface area contributed by atoms with Gasteiger partial charge in [0.25, 0.3) is 5.91 Å². The normalized spacial score (nSPS) is 12.4. The summed E-state index contributed by atoms with van der Waals surface area (Å²) in [4.78, 5) is 12.1. The van der Waals surface area contributed by atoms with E-state index in [2.05, 4.69) is 4.28 Å². The number of hydroxylamine groups is 2. The summed E-state index contributed by atoms with van der Waals surface area (Å²) in [5, 5.41) is 1.19. The molecule has 22 heavy (non-hydrogen) atoms. The first-order valence-electron chi connectivity index (χ1n) is 5.90. The molecule has 0 unspecified atom stereocenters. The molecule has 0 fully saturated rings. The van der Waals surface area contributed by atoms with Gasteiger partial charge in [0.15, 0.2) is 0 Å². The van der Waals surface area contributed by atoms with E-state index in [0.29, 0.717) is 10.8 Å². The minimum atomic E-state index is -5.90. The number of halogens is 3. The zero-order valence-corrected chi connectivity index (χ0v) is 12.0. The van der Waals surface area contributed by atoms with Crippen molar-refractivity contribution < 1.29 is 30.7 Å². The number of amides is 1. The summed E-state index contributed by atoms with van der Waals surface area (Å²) in [6, 6.07) is 11.3. The van der Waals surface area contributed by atoms with Crippen LogP contribution in [0.1, 0.15) is 10.4 Å². The second-order valence-corrected chi connectivity index (χ2v) is 5.82. The lowest BCUT2D eigenvalue weighted by atomic mass is 10.0. The first-order chi connectivity index (χ1) is 10.1. The highest BCUT2D eigenvalue weighted by atomic mass is 32.2. The maximum absolute atomic E-state index is 12.3. The molecule has 0 spiro atoms. The van der Waals surface area contributed by atoms with Gasteiger partial charge in [-0.15, -0.1) is 4.28 Å². The third-order valence-corrected chi connectivity index (χ3v) is 3.79. The molecule has 9 heteroatoms. The molecule has 0 aliphatic heterocycles. The van der Waals surface area contributed by atoms with Gasteiger partial charge in [0, 0.05) is 12.6 Å². The van der Waals surface area contributed by atoms with Gasteiger partial charge >= 0.3 is 15.6 Å². The highest BCUT2D eigenvalue weighted by Gasteiger charge is 2.49. The van der Waals surface area contributed by atoms with Gasteiger partial charge in [-0.05, 0) is 16.8 Å². The van der Waals surface area contributed by atoms with E-state index >= 15 is 0 Å². The number of nitrogens with zero attached hydrogens (tertiary/aromatic N) is 1. The fourth-order valence-electron chi connectivity index (χ4n) is 1.80. The quantitative estimate of drug-likeness (QED) is 0.640. The molecule has 0 aliphatic carbocycles. The highest BCUT2D eigenvalue weighted by molar-refractivity contribution is 7.87. The highest BCUT2D eigenvalue weighted by Crippen LogP contribution is 2.26. The lowest BCUT2D eigenvalue weighted by Crippen LogP contribution is -2.36. The zero-order valence-electron chi connectivity index (χ0n) is 11.2. The van der Waals surface area contributed by atoms with Crippen molar-refractivity contribution in [1.82, 2.24) is 5.06 Å². The molecule has 0 saturated heterocycles. The van der Waals surface area contributed by atoms with Crippen LogP contribution in [0.15, 0.2) is 42.5 Å². The van der Waals surface area contributed by atoms with Crippen molar-refractivity contribution >= 4 is 26.8 Å². The van der Waals surface area contributed by atoms with Crippen molar-refractivity contribution in [3.05, 3.63) is 48.0 Å². The summed E-state index contributed by atoms with van der Waals surface area (Å²) in [5.41, 5.74) is -5.58. The van der Waals surface area contributed by atoms with E-state index in [4.69, 9.17) is 0 Å². The molecule has 0 heterocycles. The maximum Gasteiger partial charge on any atom is 0.525 e. The molecule has 5 nitrogen and oxygen atoms in total. The average molecular weight is 333 g/mol. The summed E-state index contributed by atoms with van der Waals surface area (Å²) in [5.74, 6) is -1.01. The Morgan fingerprint density at radius 1 is 1.09 bits per heavy atom. The topological polar surface area (TPSA) is 63.7 Å². The number of alkyl halides is 3. The predicted molar refractivity (Wildman–Crippen MR) is 72.1 cm³/mol. The number of hydrogen-bond acceptors (Lipinski definition) is 4. The van der Waals surface area contributed by atoms with Crippen molar-refractivity contribution in [2.24, 2.45) is 0 Å². The van der Waals surface area contributed by atoms with Crippen LogP contribution in [0.4, 0.5) is 13.2 Å². The summed E-state index contributed by atoms with van der Waals surface area (Å²) in [6.45, 7) is 0. The molecular formula is C13H10F3NO4S. The number of fused-ring (bicyclic) bond motifs is 1. The molecule has 0 saturated carbocycles. The van der Waals surface area contributed by atoms with Crippen LogP contribution < -0.4 is 0 Å². The predicted octanol–water partition coefficient (Wildman–Crippen LogP) is 2.69. The molecule has 2 rings (SSSR count). The Morgan fingerprint density at radius 2 is 1.68 bits per heavy atom. The number of carbonyl (C=O) groups excluding carboxylic acids is 1. The van der Waals surface area contributed by atoms with Crippen LogP contribution >= 0.6 is 0 Å². The van der Waals surface area contributed by atoms with Crippen LogP contribution in [-0.4, -0.2) is 31.9 Å². The van der Waals surface area contributed by atoms with Gasteiger partial charge < -0.3 is 0 Å². The van der Waals surface area contributed by atoms with E-state index in [1.165, 1.54) is 12.1 Å². The van der Waals surface area contributed by atoms with Crippen LogP contribution in [0.25, 0.3) is 10.8 Å². The molecule has 0 aromatic heterocycles. The molecule has 2 aromatic rings. The lowest BCUT2D eigenvalue weighted by molar-refractivity contribution is -0.0786. The van der Waals surface area contributed by atoms with E-state index in [1.54, 1.807) is 30.3 Å². The average Bonchev–Trinajstić information content (AvgIpc) is 2.44. The number of rotatable bonds is 3. The minimum absolute atomic E-state index is 0.0259. The molecule has 0 N–H and O–H groups in total. The molecule has 0 aliphatic rings. The van der Waals surface area contributed by atoms with Crippen molar-refractivity contribution in [3.8, 4) is 0 Å². The smallest absolute Gasteiger partial charge is 0.267 e. The fourth-order valence-corrected chi connectivity index (χ4v) is 2.25. The van der Waals surface area contributed by atoms with Crippen LogP contribution in [0.5, 0.6) is 0 Å². The standard InChI is InChI=1S/C13H10F3NO4S/c1-17(21-22(19,20)13(14,15)16)12(18)11-8-4-6-9-5-2-3-7-10(9)11/h2-8H,1H3. The lowest BCUT2D eigenvalue weighted by Gasteiger charge is -2.18. The zero-order chi connectivity index (χ0) is 16.5. The van der Waals surface area contributed by atoms with Crippen LogP contribution in [0.2, 0.25) is 0 Å². The molecule has 1 amide bonds. The van der Waals surface area contributed by atoms with Gasteiger partial charge in [0.1, 0.15) is 0 Å². The van der Waals surface area contributed by atoms with E-state index in [-0.39, 0.29) is 10.6 Å². The molecule has 2 aromatic carbocycles. The molecule has 0 bridgehead atoms. The molecule has 0 radical (unpaired) electrons. The van der Waals surface area contributed by atoms with E-state index in [1.807, 2.05) is 0 Å². The Balaban J connectivity index is 2.35. The first kappa shape index (κ1) is 16.2. The summed E-state index contributed by atoms with van der Waals surface area (Å²) < 4.78 is 62.4. The van der Waals surface area contributed by atoms with Crippen molar-refractivity contribution in [3.63, 3.8) is 0 Å². The Labute approximate surface area is 124 Å². The minimum Gasteiger partial charge on any atom is -0.267 e. The Morgan fingerprint density at radius 3 is 2.32 bits per heavy atom. The van der Waals surface area contributed by atoms with Gasteiger partial charge in [0.05, 0.1) is 0 Å². The van der Waals surface area contributed by atoms with Gasteiger partial charge in [-0.2, -0.15) is 21.6 Å². The number of hydrogen-bond donors (Lipinski definition) is 0. The van der Waals surface area contributed by atoms with Gasteiger partial charge in [-0.3, -0.25) is 4.79 Å². The second-order valence-electron chi connectivity index (χ2n) is 4.30. The SMILES string of the molecule is CN(OS(=O)(=O)C(F)(F)F)C(=O)c1cccc2ccccc12. The Bertz CT molecular complexity index is 812. The number of benzene rings is 2. The third kappa shape index (κ3) is 3.04. The van der Waals surface area contributed by atoms with Gasteiger partial charge in [-0.1, -0.05) is 36.4 Å². The number of carbonyl (C=O) groups is 1. The molecule has 0 atom stereocenters.